The number of para-hydroxylation sites is 1. The second-order valence-corrected chi connectivity index (χ2v) is 13.8. The zero-order valence-electron chi connectivity index (χ0n) is 29.0. The number of hydrogen-bond acceptors (Lipinski definition) is 7. The van der Waals surface area contributed by atoms with E-state index < -0.39 is 0 Å². The quantitative estimate of drug-likeness (QED) is 0.180. The fraction of sp³-hybridized carbons (Fsp3) is 0. The number of benzene rings is 8. The van der Waals surface area contributed by atoms with E-state index in [1.54, 1.807) is 0 Å². The first-order valence-electron chi connectivity index (χ1n) is 18.1. The van der Waals surface area contributed by atoms with Crippen LogP contribution in [-0.4, -0.2) is 19.9 Å². The van der Waals surface area contributed by atoms with E-state index in [0.29, 0.717) is 28.9 Å². The summed E-state index contributed by atoms with van der Waals surface area (Å²) in [6.07, 6.45) is 0. The Morgan fingerprint density at radius 3 is 1.76 bits per heavy atom. The van der Waals surface area contributed by atoms with Crippen molar-refractivity contribution < 1.29 is 13.3 Å². The summed E-state index contributed by atoms with van der Waals surface area (Å²) in [4.78, 5) is 20.3. The highest BCUT2D eigenvalue weighted by atomic mass is 16.4. The Morgan fingerprint density at radius 2 is 0.909 bits per heavy atom. The van der Waals surface area contributed by atoms with Crippen molar-refractivity contribution in [3.8, 4) is 45.6 Å². The first kappa shape index (κ1) is 29.9. The van der Waals surface area contributed by atoms with Crippen LogP contribution in [0.25, 0.3) is 122 Å². The van der Waals surface area contributed by atoms with Crippen LogP contribution in [0.15, 0.2) is 171 Å². The third-order valence-corrected chi connectivity index (χ3v) is 10.5. The lowest BCUT2D eigenvalue weighted by molar-refractivity contribution is 0.619. The maximum atomic E-state index is 6.44. The average Bonchev–Trinajstić information content (AvgIpc) is 3.96. The van der Waals surface area contributed by atoms with E-state index in [4.69, 9.17) is 33.2 Å². The number of oxazole rings is 1. The number of hydrogen-bond donors (Lipinski definition) is 0. The van der Waals surface area contributed by atoms with Gasteiger partial charge in [0.1, 0.15) is 27.8 Å². The summed E-state index contributed by atoms with van der Waals surface area (Å²) < 4.78 is 19.0. The number of aromatic nitrogens is 4. The minimum atomic E-state index is 0.556. The van der Waals surface area contributed by atoms with Crippen LogP contribution in [0.4, 0.5) is 0 Å². The molecule has 7 nitrogen and oxygen atoms in total. The van der Waals surface area contributed by atoms with Crippen molar-refractivity contribution in [2.45, 2.75) is 0 Å². The van der Waals surface area contributed by atoms with E-state index in [1.807, 2.05) is 84.9 Å². The SMILES string of the molecule is c1ccc(-c2nc3c(ccc4oc5ccc6ccc(-c7nc(-c8ccc9ccccc9c8)nc(-c8ccc9c(c8)oc8ccccc89)n7)cc6c5c43)o2)cc1. The van der Waals surface area contributed by atoms with Gasteiger partial charge < -0.3 is 13.3 Å². The zero-order chi connectivity index (χ0) is 36.0. The Bertz CT molecular complexity index is 3510. The van der Waals surface area contributed by atoms with Crippen molar-refractivity contribution in [3.05, 3.63) is 158 Å². The highest BCUT2D eigenvalue weighted by Gasteiger charge is 2.20. The molecule has 0 bridgehead atoms. The molecule has 256 valence electrons. The Balaban J connectivity index is 1.08. The summed E-state index contributed by atoms with van der Waals surface area (Å²) in [5.74, 6) is 2.27. The van der Waals surface area contributed by atoms with Gasteiger partial charge in [-0.2, -0.15) is 0 Å². The first-order valence-corrected chi connectivity index (χ1v) is 18.1. The van der Waals surface area contributed by atoms with Crippen LogP contribution in [-0.2, 0) is 0 Å². The molecule has 0 aliphatic carbocycles. The third kappa shape index (κ3) is 4.70. The lowest BCUT2D eigenvalue weighted by atomic mass is 10.0. The van der Waals surface area contributed by atoms with Gasteiger partial charge in [-0.3, -0.25) is 0 Å². The first-order chi connectivity index (χ1) is 27.2. The van der Waals surface area contributed by atoms with Crippen LogP contribution < -0.4 is 0 Å². The van der Waals surface area contributed by atoms with Gasteiger partial charge in [-0.25, -0.2) is 19.9 Å². The number of rotatable bonds is 4. The molecule has 0 aliphatic rings. The highest BCUT2D eigenvalue weighted by molar-refractivity contribution is 6.25. The molecule has 12 rings (SSSR count). The van der Waals surface area contributed by atoms with Gasteiger partial charge in [0, 0.05) is 38.4 Å². The Labute approximate surface area is 312 Å². The van der Waals surface area contributed by atoms with Crippen LogP contribution in [0.3, 0.4) is 0 Å². The third-order valence-electron chi connectivity index (χ3n) is 10.5. The molecular formula is C48H26N4O3. The van der Waals surface area contributed by atoms with Gasteiger partial charge in [0.15, 0.2) is 23.1 Å². The smallest absolute Gasteiger partial charge is 0.227 e. The lowest BCUT2D eigenvalue weighted by Crippen LogP contribution is -2.00. The van der Waals surface area contributed by atoms with Crippen molar-refractivity contribution in [2.24, 2.45) is 0 Å². The molecule has 4 heterocycles. The molecule has 0 aliphatic heterocycles. The summed E-state index contributed by atoms with van der Waals surface area (Å²) in [6, 6.07) is 53.1. The highest BCUT2D eigenvalue weighted by Crippen LogP contribution is 2.41. The van der Waals surface area contributed by atoms with Crippen molar-refractivity contribution >= 4 is 76.5 Å². The molecule has 8 aromatic carbocycles. The van der Waals surface area contributed by atoms with Crippen LogP contribution in [0.5, 0.6) is 0 Å². The van der Waals surface area contributed by atoms with Gasteiger partial charge >= 0.3 is 0 Å². The van der Waals surface area contributed by atoms with E-state index >= 15 is 0 Å². The predicted octanol–water partition coefficient (Wildman–Crippen LogP) is 12.8. The fourth-order valence-corrected chi connectivity index (χ4v) is 7.86. The molecule has 7 heteroatoms. The lowest BCUT2D eigenvalue weighted by Gasteiger charge is -2.10. The van der Waals surface area contributed by atoms with Crippen LogP contribution in [0, 0.1) is 0 Å². The largest absolute Gasteiger partial charge is 0.456 e. The molecule has 12 aromatic rings. The van der Waals surface area contributed by atoms with E-state index in [-0.39, 0.29) is 0 Å². The number of nitrogens with zero attached hydrogens (tertiary/aromatic N) is 4. The van der Waals surface area contributed by atoms with Gasteiger partial charge in [-0.15, -0.1) is 0 Å². The molecular weight excluding hydrogens is 681 g/mol. The average molecular weight is 707 g/mol. The number of fused-ring (bicyclic) bond motifs is 11. The maximum Gasteiger partial charge on any atom is 0.227 e. The monoisotopic (exact) mass is 706 g/mol. The summed E-state index contributed by atoms with van der Waals surface area (Å²) in [7, 11) is 0. The van der Waals surface area contributed by atoms with Gasteiger partial charge in [0.25, 0.3) is 0 Å². The van der Waals surface area contributed by atoms with Gasteiger partial charge in [-0.05, 0) is 82.2 Å². The van der Waals surface area contributed by atoms with Gasteiger partial charge in [0.05, 0.1) is 5.39 Å². The van der Waals surface area contributed by atoms with Crippen molar-refractivity contribution in [2.75, 3.05) is 0 Å². The van der Waals surface area contributed by atoms with Crippen LogP contribution >= 0.6 is 0 Å². The zero-order valence-corrected chi connectivity index (χ0v) is 29.0. The molecule has 0 atom stereocenters. The van der Waals surface area contributed by atoms with Crippen LogP contribution in [0.1, 0.15) is 0 Å². The Kier molecular flexibility index (Phi) is 6.21. The molecule has 0 amide bonds. The number of furan rings is 2. The topological polar surface area (TPSA) is 91.0 Å². The molecule has 0 radical (unpaired) electrons. The Hall–Kier alpha value is -7.64. The van der Waals surface area contributed by atoms with Crippen LogP contribution in [0.2, 0.25) is 0 Å². The predicted molar refractivity (Wildman–Crippen MR) is 219 cm³/mol. The second-order valence-electron chi connectivity index (χ2n) is 13.8. The standard InChI is InChI=1S/C48H26N4O3/c1-2-9-29(10-3-1)48-49-44-40(55-48)23-22-39-43(44)42-36-25-32(17-15-28(36)19-21-38(42)54-39)46-50-45(31-16-14-27-8-4-5-11-30(27)24-31)51-47(52-46)33-18-20-35-34-12-6-7-13-37(34)53-41(35)26-33/h1-26H. The van der Waals surface area contributed by atoms with E-state index in [0.717, 1.165) is 93.2 Å². The van der Waals surface area contributed by atoms with E-state index in [9.17, 15) is 0 Å². The van der Waals surface area contributed by atoms with Crippen molar-refractivity contribution in [3.63, 3.8) is 0 Å². The normalized spacial score (nSPS) is 12.0. The molecule has 0 fully saturated rings. The molecule has 0 saturated heterocycles. The van der Waals surface area contributed by atoms with Crippen molar-refractivity contribution in [1.82, 2.24) is 19.9 Å². The van der Waals surface area contributed by atoms with Gasteiger partial charge in [-0.1, -0.05) is 97.1 Å². The summed E-state index contributed by atoms with van der Waals surface area (Å²) in [5.41, 5.74) is 8.10. The summed E-state index contributed by atoms with van der Waals surface area (Å²) in [6.45, 7) is 0. The molecule has 0 saturated carbocycles. The molecule has 0 N–H and O–H groups in total. The minimum absolute atomic E-state index is 0.556. The van der Waals surface area contributed by atoms with E-state index in [2.05, 4.69) is 72.8 Å². The molecule has 4 aromatic heterocycles. The Morgan fingerprint density at radius 1 is 0.309 bits per heavy atom. The van der Waals surface area contributed by atoms with Crippen molar-refractivity contribution in [1.29, 1.82) is 0 Å². The minimum Gasteiger partial charge on any atom is -0.456 e. The second kappa shape index (κ2) is 11.4. The summed E-state index contributed by atoms with van der Waals surface area (Å²) >= 11 is 0. The maximum absolute atomic E-state index is 6.44. The fourth-order valence-electron chi connectivity index (χ4n) is 7.86. The van der Waals surface area contributed by atoms with Gasteiger partial charge in [0.2, 0.25) is 5.89 Å². The molecule has 0 spiro atoms. The molecule has 0 unspecified atom stereocenters. The molecule has 55 heavy (non-hydrogen) atoms. The van der Waals surface area contributed by atoms with E-state index in [1.165, 1.54) is 0 Å². The summed E-state index contributed by atoms with van der Waals surface area (Å²) in [5, 5.41) is 8.32.